The SMILES string of the molecule is CCc1cccnc1CN[C@@H](Cc1ccc(O)cc1)C(=O)O. The Morgan fingerprint density at radius 3 is 2.64 bits per heavy atom. The van der Waals surface area contributed by atoms with Crippen LogP contribution in [0.2, 0.25) is 0 Å². The molecule has 0 aliphatic carbocycles. The van der Waals surface area contributed by atoms with Gasteiger partial charge in [0.05, 0.1) is 5.69 Å². The number of carboxylic acid groups (broad SMARTS) is 1. The zero-order valence-electron chi connectivity index (χ0n) is 12.5. The normalized spacial score (nSPS) is 12.0. The monoisotopic (exact) mass is 300 g/mol. The van der Waals surface area contributed by atoms with Crippen LogP contribution in [-0.2, 0) is 24.2 Å². The van der Waals surface area contributed by atoms with Crippen LogP contribution < -0.4 is 5.32 Å². The van der Waals surface area contributed by atoms with Crippen LogP contribution in [0.3, 0.4) is 0 Å². The summed E-state index contributed by atoms with van der Waals surface area (Å²) in [5, 5.41) is 21.7. The maximum Gasteiger partial charge on any atom is 0.321 e. The number of benzene rings is 1. The summed E-state index contributed by atoms with van der Waals surface area (Å²) in [7, 11) is 0. The number of carbonyl (C=O) groups is 1. The van der Waals surface area contributed by atoms with Crippen LogP contribution in [0.15, 0.2) is 42.6 Å². The molecule has 3 N–H and O–H groups in total. The Bertz CT molecular complexity index is 626. The molecular weight excluding hydrogens is 280 g/mol. The predicted octanol–water partition coefficient (Wildman–Crippen LogP) is 2.14. The van der Waals surface area contributed by atoms with Gasteiger partial charge in [0.25, 0.3) is 0 Å². The third-order valence-electron chi connectivity index (χ3n) is 3.56. The smallest absolute Gasteiger partial charge is 0.321 e. The third-order valence-corrected chi connectivity index (χ3v) is 3.56. The molecule has 116 valence electrons. The van der Waals surface area contributed by atoms with E-state index in [9.17, 15) is 15.0 Å². The first-order chi connectivity index (χ1) is 10.6. The molecule has 0 radical (unpaired) electrons. The first kappa shape index (κ1) is 16.0. The highest BCUT2D eigenvalue weighted by atomic mass is 16.4. The molecule has 0 unspecified atom stereocenters. The lowest BCUT2D eigenvalue weighted by Gasteiger charge is -2.15. The number of carboxylic acids is 1. The number of aromatic hydroxyl groups is 1. The lowest BCUT2D eigenvalue weighted by atomic mass is 10.1. The number of rotatable bonds is 7. The number of phenols is 1. The molecule has 1 aromatic carbocycles. The van der Waals surface area contributed by atoms with E-state index < -0.39 is 12.0 Å². The van der Waals surface area contributed by atoms with E-state index in [2.05, 4.69) is 10.3 Å². The highest BCUT2D eigenvalue weighted by Crippen LogP contribution is 2.12. The van der Waals surface area contributed by atoms with Crippen molar-refractivity contribution in [1.82, 2.24) is 10.3 Å². The van der Waals surface area contributed by atoms with Gasteiger partial charge in [-0.3, -0.25) is 15.1 Å². The fourth-order valence-electron chi connectivity index (χ4n) is 2.29. The second kappa shape index (κ2) is 7.56. The van der Waals surface area contributed by atoms with Crippen molar-refractivity contribution in [3.63, 3.8) is 0 Å². The Labute approximate surface area is 129 Å². The van der Waals surface area contributed by atoms with E-state index in [1.165, 1.54) is 0 Å². The molecule has 2 rings (SSSR count). The Hall–Kier alpha value is -2.40. The molecule has 5 heteroatoms. The highest BCUT2D eigenvalue weighted by molar-refractivity contribution is 5.73. The minimum absolute atomic E-state index is 0.171. The molecule has 0 spiro atoms. The molecule has 0 bridgehead atoms. The number of aromatic nitrogens is 1. The van der Waals surface area contributed by atoms with Gasteiger partial charge in [-0.1, -0.05) is 25.1 Å². The maximum atomic E-state index is 11.4. The standard InChI is InChI=1S/C17H20N2O3/c1-2-13-4-3-9-18-16(13)11-19-15(17(21)22)10-12-5-7-14(20)8-6-12/h3-9,15,19-20H,2,10-11H2,1H3,(H,21,22)/t15-/m0/s1. The van der Waals surface area contributed by atoms with Crippen LogP contribution in [0.25, 0.3) is 0 Å². The van der Waals surface area contributed by atoms with Crippen LogP contribution >= 0.6 is 0 Å². The first-order valence-electron chi connectivity index (χ1n) is 7.27. The van der Waals surface area contributed by atoms with Crippen LogP contribution in [0, 0.1) is 0 Å². The van der Waals surface area contributed by atoms with Crippen molar-refractivity contribution in [2.24, 2.45) is 0 Å². The Morgan fingerprint density at radius 2 is 2.00 bits per heavy atom. The van der Waals surface area contributed by atoms with E-state index in [1.807, 2.05) is 19.1 Å². The quantitative estimate of drug-likeness (QED) is 0.729. The number of pyridine rings is 1. The van der Waals surface area contributed by atoms with Gasteiger partial charge in [0.1, 0.15) is 11.8 Å². The first-order valence-corrected chi connectivity index (χ1v) is 7.27. The van der Waals surface area contributed by atoms with Crippen LogP contribution in [0.4, 0.5) is 0 Å². The topological polar surface area (TPSA) is 82.5 Å². The van der Waals surface area contributed by atoms with Crippen LogP contribution in [0.1, 0.15) is 23.7 Å². The van der Waals surface area contributed by atoms with Crippen LogP contribution in [0.5, 0.6) is 5.75 Å². The second-order valence-electron chi connectivity index (χ2n) is 5.11. The summed E-state index contributed by atoms with van der Waals surface area (Å²) in [5.74, 6) is -0.730. The summed E-state index contributed by atoms with van der Waals surface area (Å²) in [6.07, 6.45) is 2.93. The molecule has 5 nitrogen and oxygen atoms in total. The Morgan fingerprint density at radius 1 is 1.27 bits per heavy atom. The van der Waals surface area contributed by atoms with E-state index in [0.717, 1.165) is 23.2 Å². The van der Waals surface area contributed by atoms with E-state index in [0.29, 0.717) is 13.0 Å². The summed E-state index contributed by atoms with van der Waals surface area (Å²) in [6, 6.07) is 9.75. The zero-order chi connectivity index (χ0) is 15.9. The largest absolute Gasteiger partial charge is 0.508 e. The summed E-state index contributed by atoms with van der Waals surface area (Å²) >= 11 is 0. The van der Waals surface area contributed by atoms with Crippen molar-refractivity contribution in [3.8, 4) is 5.75 Å². The van der Waals surface area contributed by atoms with E-state index in [-0.39, 0.29) is 5.75 Å². The molecule has 0 fully saturated rings. The summed E-state index contributed by atoms with van der Waals surface area (Å²) < 4.78 is 0. The van der Waals surface area contributed by atoms with Gasteiger partial charge in [0.2, 0.25) is 0 Å². The fraction of sp³-hybridized carbons (Fsp3) is 0.294. The minimum atomic E-state index is -0.901. The third kappa shape index (κ3) is 4.30. The Kier molecular flexibility index (Phi) is 5.49. The average Bonchev–Trinajstić information content (AvgIpc) is 2.53. The number of hydrogen-bond acceptors (Lipinski definition) is 4. The number of aryl methyl sites for hydroxylation is 1. The van der Waals surface area contributed by atoms with Crippen molar-refractivity contribution in [1.29, 1.82) is 0 Å². The Balaban J connectivity index is 2.03. The maximum absolute atomic E-state index is 11.4. The van der Waals surface area contributed by atoms with Gasteiger partial charge < -0.3 is 10.2 Å². The molecule has 0 amide bonds. The highest BCUT2D eigenvalue weighted by Gasteiger charge is 2.18. The van der Waals surface area contributed by atoms with Gasteiger partial charge in [0, 0.05) is 12.7 Å². The molecule has 1 atom stereocenters. The molecule has 1 heterocycles. The van der Waals surface area contributed by atoms with E-state index >= 15 is 0 Å². The molecule has 0 aliphatic rings. The van der Waals surface area contributed by atoms with Gasteiger partial charge in [-0.2, -0.15) is 0 Å². The van der Waals surface area contributed by atoms with Crippen LogP contribution in [-0.4, -0.2) is 27.2 Å². The summed E-state index contributed by atoms with van der Waals surface area (Å²) in [5.41, 5.74) is 2.85. The van der Waals surface area contributed by atoms with Crippen molar-refractivity contribution < 1.29 is 15.0 Å². The second-order valence-corrected chi connectivity index (χ2v) is 5.11. The van der Waals surface area contributed by atoms with Gasteiger partial charge >= 0.3 is 5.97 Å². The molecule has 0 saturated heterocycles. The zero-order valence-corrected chi connectivity index (χ0v) is 12.5. The fourth-order valence-corrected chi connectivity index (χ4v) is 2.29. The molecule has 0 aliphatic heterocycles. The van der Waals surface area contributed by atoms with Crippen molar-refractivity contribution in [2.75, 3.05) is 0 Å². The van der Waals surface area contributed by atoms with Crippen molar-refractivity contribution >= 4 is 5.97 Å². The lowest BCUT2D eigenvalue weighted by Crippen LogP contribution is -2.38. The van der Waals surface area contributed by atoms with Gasteiger partial charge in [-0.15, -0.1) is 0 Å². The molecule has 1 aromatic heterocycles. The number of phenolic OH excluding ortho intramolecular Hbond substituents is 1. The molecule has 0 saturated carbocycles. The van der Waals surface area contributed by atoms with E-state index in [4.69, 9.17) is 0 Å². The predicted molar refractivity (Wildman–Crippen MR) is 83.7 cm³/mol. The van der Waals surface area contributed by atoms with E-state index in [1.54, 1.807) is 30.5 Å². The molecule has 22 heavy (non-hydrogen) atoms. The van der Waals surface area contributed by atoms with Crippen molar-refractivity contribution in [2.45, 2.75) is 32.4 Å². The minimum Gasteiger partial charge on any atom is -0.508 e. The van der Waals surface area contributed by atoms with Crippen molar-refractivity contribution in [3.05, 3.63) is 59.4 Å². The number of nitrogens with zero attached hydrogens (tertiary/aromatic N) is 1. The van der Waals surface area contributed by atoms with Gasteiger partial charge in [0.15, 0.2) is 0 Å². The van der Waals surface area contributed by atoms with Gasteiger partial charge in [-0.25, -0.2) is 0 Å². The summed E-state index contributed by atoms with van der Waals surface area (Å²) in [4.78, 5) is 15.7. The average molecular weight is 300 g/mol. The number of hydrogen-bond donors (Lipinski definition) is 3. The number of aliphatic carboxylic acids is 1. The summed E-state index contributed by atoms with van der Waals surface area (Å²) in [6.45, 7) is 2.46. The van der Waals surface area contributed by atoms with Gasteiger partial charge in [-0.05, 0) is 42.2 Å². The molecule has 2 aromatic rings. The lowest BCUT2D eigenvalue weighted by molar-refractivity contribution is -0.139. The molecular formula is C17H20N2O3. The number of nitrogens with one attached hydrogen (secondary N) is 1.